The summed E-state index contributed by atoms with van der Waals surface area (Å²) >= 11 is 2.12. The molecule has 1 unspecified atom stereocenters. The van der Waals surface area contributed by atoms with Crippen molar-refractivity contribution in [3.05, 3.63) is 0 Å². The van der Waals surface area contributed by atoms with Gasteiger partial charge in [-0.2, -0.15) is 11.8 Å². The number of unbranched alkanes of at least 4 members (excludes halogenated alkanes) is 6. The second-order valence-corrected chi connectivity index (χ2v) is 6.14. The van der Waals surface area contributed by atoms with Crippen LogP contribution in [0, 0.1) is 0 Å². The molecule has 0 saturated carbocycles. The fraction of sp³-hybridized carbons (Fsp3) is 1.00. The van der Waals surface area contributed by atoms with Gasteiger partial charge in [-0.3, -0.25) is 0 Å². The number of nitrogens with one attached hydrogen (secondary N) is 1. The summed E-state index contributed by atoms with van der Waals surface area (Å²) in [6.45, 7) is 3.53. The van der Waals surface area contributed by atoms with E-state index in [9.17, 15) is 0 Å². The highest BCUT2D eigenvalue weighted by molar-refractivity contribution is 7.99. The highest BCUT2D eigenvalue weighted by Crippen LogP contribution is 2.16. The van der Waals surface area contributed by atoms with Gasteiger partial charge in [-0.1, -0.05) is 45.4 Å². The normalized spacial score (nSPS) is 21.2. The first-order valence-corrected chi connectivity index (χ1v) is 8.40. The molecule has 0 aromatic heterocycles. The highest BCUT2D eigenvalue weighted by Gasteiger charge is 2.11. The molecule has 0 spiro atoms. The lowest BCUT2D eigenvalue weighted by Crippen LogP contribution is -2.34. The fourth-order valence-corrected chi connectivity index (χ4v) is 3.40. The molecule has 0 radical (unpaired) electrons. The first-order valence-electron chi connectivity index (χ1n) is 7.24. The van der Waals surface area contributed by atoms with Gasteiger partial charge in [0.2, 0.25) is 0 Å². The zero-order chi connectivity index (χ0) is 11.5. The monoisotopic (exact) mass is 243 g/mol. The van der Waals surface area contributed by atoms with Crippen molar-refractivity contribution >= 4 is 11.8 Å². The van der Waals surface area contributed by atoms with E-state index < -0.39 is 0 Å². The van der Waals surface area contributed by atoms with Crippen molar-refractivity contribution < 1.29 is 0 Å². The first-order chi connectivity index (χ1) is 7.93. The van der Waals surface area contributed by atoms with Crippen molar-refractivity contribution in [2.45, 2.75) is 70.8 Å². The van der Waals surface area contributed by atoms with Gasteiger partial charge in [0.1, 0.15) is 0 Å². The summed E-state index contributed by atoms with van der Waals surface area (Å²) in [6, 6.07) is 0.818. The zero-order valence-electron chi connectivity index (χ0n) is 11.0. The maximum absolute atomic E-state index is 3.70. The van der Waals surface area contributed by atoms with Crippen LogP contribution in [0.2, 0.25) is 0 Å². The Kier molecular flexibility index (Phi) is 9.40. The van der Waals surface area contributed by atoms with Crippen LogP contribution in [0.5, 0.6) is 0 Å². The molecule has 0 aromatic carbocycles. The van der Waals surface area contributed by atoms with Crippen LogP contribution >= 0.6 is 11.8 Å². The molecule has 1 fully saturated rings. The van der Waals surface area contributed by atoms with E-state index in [-0.39, 0.29) is 0 Å². The zero-order valence-corrected chi connectivity index (χ0v) is 11.8. The Morgan fingerprint density at radius 2 is 1.81 bits per heavy atom. The molecule has 1 heterocycles. The molecule has 16 heavy (non-hydrogen) atoms. The van der Waals surface area contributed by atoms with Crippen molar-refractivity contribution in [1.29, 1.82) is 0 Å². The number of rotatable bonds is 9. The molecule has 1 nitrogen and oxygen atoms in total. The molecule has 1 rings (SSSR count). The SMILES string of the molecule is CCCCCCCCCNC1CCCSC1. The van der Waals surface area contributed by atoms with Gasteiger partial charge in [0.05, 0.1) is 0 Å². The van der Waals surface area contributed by atoms with Gasteiger partial charge in [-0.15, -0.1) is 0 Å². The van der Waals surface area contributed by atoms with E-state index in [1.54, 1.807) is 0 Å². The maximum Gasteiger partial charge on any atom is 0.0158 e. The summed E-state index contributed by atoms with van der Waals surface area (Å²) in [5, 5.41) is 3.70. The second kappa shape index (κ2) is 10.5. The molecule has 1 aliphatic heterocycles. The average molecular weight is 243 g/mol. The molecular formula is C14H29NS. The minimum atomic E-state index is 0.818. The number of thioether (sulfide) groups is 1. The van der Waals surface area contributed by atoms with Crippen LogP contribution in [0.4, 0.5) is 0 Å². The second-order valence-electron chi connectivity index (χ2n) is 4.99. The molecule has 2 heteroatoms. The first kappa shape index (κ1) is 14.4. The van der Waals surface area contributed by atoms with Crippen LogP contribution in [-0.4, -0.2) is 24.1 Å². The van der Waals surface area contributed by atoms with Gasteiger partial charge in [0.25, 0.3) is 0 Å². The predicted octanol–water partition coefficient (Wildman–Crippen LogP) is 4.22. The molecule has 0 aromatic rings. The van der Waals surface area contributed by atoms with Crippen LogP contribution in [0.1, 0.15) is 64.7 Å². The third-order valence-electron chi connectivity index (χ3n) is 3.37. The van der Waals surface area contributed by atoms with Gasteiger partial charge >= 0.3 is 0 Å². The lowest BCUT2D eigenvalue weighted by Gasteiger charge is -2.22. The van der Waals surface area contributed by atoms with E-state index in [2.05, 4.69) is 24.0 Å². The summed E-state index contributed by atoms with van der Waals surface area (Å²) in [7, 11) is 0. The van der Waals surface area contributed by atoms with Crippen molar-refractivity contribution in [3.63, 3.8) is 0 Å². The topological polar surface area (TPSA) is 12.0 Å². The van der Waals surface area contributed by atoms with Crippen LogP contribution in [0.15, 0.2) is 0 Å². The smallest absolute Gasteiger partial charge is 0.0158 e. The molecule has 0 aliphatic carbocycles. The molecule has 0 bridgehead atoms. The molecule has 1 saturated heterocycles. The quantitative estimate of drug-likeness (QED) is 0.608. The van der Waals surface area contributed by atoms with Crippen LogP contribution in [-0.2, 0) is 0 Å². The third kappa shape index (κ3) is 7.56. The van der Waals surface area contributed by atoms with E-state index in [1.165, 1.54) is 75.8 Å². The highest BCUT2D eigenvalue weighted by atomic mass is 32.2. The number of hydrogen-bond donors (Lipinski definition) is 1. The van der Waals surface area contributed by atoms with Gasteiger partial charge in [-0.05, 0) is 31.6 Å². The summed E-state index contributed by atoms with van der Waals surface area (Å²) in [5.74, 6) is 2.73. The summed E-state index contributed by atoms with van der Waals surface area (Å²) in [4.78, 5) is 0. The van der Waals surface area contributed by atoms with E-state index in [4.69, 9.17) is 0 Å². The largest absolute Gasteiger partial charge is 0.313 e. The minimum absolute atomic E-state index is 0.818. The van der Waals surface area contributed by atoms with Crippen molar-refractivity contribution in [3.8, 4) is 0 Å². The molecular weight excluding hydrogens is 214 g/mol. The molecule has 1 aliphatic rings. The summed E-state index contributed by atoms with van der Waals surface area (Å²) in [6.07, 6.45) is 12.8. The lowest BCUT2D eigenvalue weighted by atomic mass is 10.1. The molecule has 0 amide bonds. The Bertz CT molecular complexity index is 144. The van der Waals surface area contributed by atoms with E-state index in [0.29, 0.717) is 0 Å². The van der Waals surface area contributed by atoms with Gasteiger partial charge in [0, 0.05) is 11.8 Å². The standard InChI is InChI=1S/C14H29NS/c1-2-3-4-5-6-7-8-11-15-14-10-9-12-16-13-14/h14-15H,2-13H2,1H3. The Balaban J connectivity index is 1.77. The summed E-state index contributed by atoms with van der Waals surface area (Å²) < 4.78 is 0. The number of hydrogen-bond acceptors (Lipinski definition) is 2. The van der Waals surface area contributed by atoms with Gasteiger partial charge in [-0.25, -0.2) is 0 Å². The Hall–Kier alpha value is 0.310. The van der Waals surface area contributed by atoms with Crippen molar-refractivity contribution in [2.24, 2.45) is 0 Å². The molecule has 1 N–H and O–H groups in total. The molecule has 96 valence electrons. The average Bonchev–Trinajstić information content (AvgIpc) is 2.34. The van der Waals surface area contributed by atoms with Crippen LogP contribution < -0.4 is 5.32 Å². The summed E-state index contributed by atoms with van der Waals surface area (Å²) in [5.41, 5.74) is 0. The van der Waals surface area contributed by atoms with Crippen LogP contribution in [0.25, 0.3) is 0 Å². The Morgan fingerprint density at radius 1 is 1.06 bits per heavy atom. The predicted molar refractivity (Wildman–Crippen MR) is 76.3 cm³/mol. The van der Waals surface area contributed by atoms with Crippen molar-refractivity contribution in [2.75, 3.05) is 18.1 Å². The van der Waals surface area contributed by atoms with Gasteiger partial charge < -0.3 is 5.32 Å². The minimum Gasteiger partial charge on any atom is -0.313 e. The molecule has 1 atom stereocenters. The lowest BCUT2D eigenvalue weighted by molar-refractivity contribution is 0.486. The van der Waals surface area contributed by atoms with E-state index in [1.807, 2.05) is 0 Å². The Morgan fingerprint density at radius 3 is 2.50 bits per heavy atom. The van der Waals surface area contributed by atoms with E-state index in [0.717, 1.165) is 6.04 Å². The van der Waals surface area contributed by atoms with E-state index >= 15 is 0 Å². The van der Waals surface area contributed by atoms with Gasteiger partial charge in [0.15, 0.2) is 0 Å². The third-order valence-corrected chi connectivity index (χ3v) is 4.59. The Labute approximate surface area is 106 Å². The van der Waals surface area contributed by atoms with Crippen molar-refractivity contribution in [1.82, 2.24) is 5.32 Å². The van der Waals surface area contributed by atoms with Crippen LogP contribution in [0.3, 0.4) is 0 Å². The fourth-order valence-electron chi connectivity index (χ4n) is 2.29. The maximum atomic E-state index is 3.70.